The summed E-state index contributed by atoms with van der Waals surface area (Å²) in [7, 11) is 0. The van der Waals surface area contributed by atoms with Crippen molar-refractivity contribution < 1.29 is 9.32 Å². The molecule has 0 saturated carbocycles. The molecule has 1 aromatic heterocycles. The number of rotatable bonds is 3. The molecule has 1 amide bonds. The van der Waals surface area contributed by atoms with Crippen molar-refractivity contribution >= 4 is 33.4 Å². The predicted molar refractivity (Wildman–Crippen MR) is 81.0 cm³/mol. The fourth-order valence-electron chi connectivity index (χ4n) is 2.10. The highest BCUT2D eigenvalue weighted by Crippen LogP contribution is 2.24. The van der Waals surface area contributed by atoms with Crippen molar-refractivity contribution in [3.05, 3.63) is 50.3 Å². The number of hydrogen-bond donors (Lipinski definition) is 1. The number of aryl methyl sites for hydroxylation is 2. The molecule has 0 fully saturated rings. The molecule has 2 aromatic rings. The zero-order valence-corrected chi connectivity index (χ0v) is 13.7. The van der Waals surface area contributed by atoms with Gasteiger partial charge < -0.3 is 9.84 Å². The molecule has 0 saturated heterocycles. The Labute approximate surface area is 130 Å². The molecule has 20 heavy (non-hydrogen) atoms. The SMILES string of the molecule is Cc1noc(C)c1C(C)NC(=O)c1ccc(Cl)c(Br)c1. The molecular formula is C14H14BrClN2O2. The van der Waals surface area contributed by atoms with E-state index in [1.54, 1.807) is 18.2 Å². The maximum absolute atomic E-state index is 12.2. The van der Waals surface area contributed by atoms with Crippen LogP contribution in [-0.2, 0) is 0 Å². The summed E-state index contributed by atoms with van der Waals surface area (Å²) in [5.74, 6) is 0.544. The summed E-state index contributed by atoms with van der Waals surface area (Å²) in [5, 5.41) is 7.39. The summed E-state index contributed by atoms with van der Waals surface area (Å²) < 4.78 is 5.80. The Bertz CT molecular complexity index is 635. The van der Waals surface area contributed by atoms with Gasteiger partial charge in [0.2, 0.25) is 0 Å². The van der Waals surface area contributed by atoms with Crippen LogP contribution in [0, 0.1) is 13.8 Å². The Morgan fingerprint density at radius 2 is 2.15 bits per heavy atom. The monoisotopic (exact) mass is 356 g/mol. The lowest BCUT2D eigenvalue weighted by Crippen LogP contribution is -2.27. The molecule has 1 aromatic carbocycles. The summed E-state index contributed by atoms with van der Waals surface area (Å²) in [6.45, 7) is 5.58. The highest BCUT2D eigenvalue weighted by molar-refractivity contribution is 9.10. The van der Waals surface area contributed by atoms with Crippen molar-refractivity contribution in [3.63, 3.8) is 0 Å². The van der Waals surface area contributed by atoms with Crippen LogP contribution in [0.1, 0.15) is 40.3 Å². The zero-order chi connectivity index (χ0) is 14.9. The number of nitrogens with one attached hydrogen (secondary N) is 1. The van der Waals surface area contributed by atoms with Crippen LogP contribution in [0.4, 0.5) is 0 Å². The van der Waals surface area contributed by atoms with Gasteiger partial charge >= 0.3 is 0 Å². The number of nitrogens with zero attached hydrogens (tertiary/aromatic N) is 1. The smallest absolute Gasteiger partial charge is 0.251 e. The maximum Gasteiger partial charge on any atom is 0.251 e. The third-order valence-corrected chi connectivity index (χ3v) is 4.26. The van der Waals surface area contributed by atoms with Gasteiger partial charge in [0.1, 0.15) is 5.76 Å². The molecule has 0 aliphatic heterocycles. The lowest BCUT2D eigenvalue weighted by molar-refractivity contribution is 0.0939. The van der Waals surface area contributed by atoms with E-state index < -0.39 is 0 Å². The first-order valence-corrected chi connectivity index (χ1v) is 7.26. The minimum Gasteiger partial charge on any atom is -0.361 e. The van der Waals surface area contributed by atoms with E-state index in [4.69, 9.17) is 16.1 Å². The molecule has 1 N–H and O–H groups in total. The van der Waals surface area contributed by atoms with Gasteiger partial charge in [0.05, 0.1) is 16.8 Å². The Morgan fingerprint density at radius 3 is 2.70 bits per heavy atom. The van der Waals surface area contributed by atoms with E-state index in [-0.39, 0.29) is 11.9 Å². The molecule has 106 valence electrons. The number of aromatic nitrogens is 1. The number of carbonyl (C=O) groups is 1. The van der Waals surface area contributed by atoms with E-state index in [1.165, 1.54) is 0 Å². The predicted octanol–water partition coefficient (Wildman–Crippen LogP) is 4.20. The van der Waals surface area contributed by atoms with Gasteiger partial charge in [0, 0.05) is 15.6 Å². The van der Waals surface area contributed by atoms with Crippen molar-refractivity contribution in [3.8, 4) is 0 Å². The number of benzene rings is 1. The second kappa shape index (κ2) is 5.97. The lowest BCUT2D eigenvalue weighted by atomic mass is 10.1. The van der Waals surface area contributed by atoms with Gasteiger partial charge in [-0.3, -0.25) is 4.79 Å². The molecule has 1 heterocycles. The van der Waals surface area contributed by atoms with Crippen molar-refractivity contribution in [2.45, 2.75) is 26.8 Å². The minimum atomic E-state index is -0.178. The first-order chi connectivity index (χ1) is 9.40. The Morgan fingerprint density at radius 1 is 1.45 bits per heavy atom. The second-order valence-corrected chi connectivity index (χ2v) is 5.82. The zero-order valence-electron chi connectivity index (χ0n) is 11.3. The summed E-state index contributed by atoms with van der Waals surface area (Å²) in [6.07, 6.45) is 0. The Balaban J connectivity index is 2.17. The van der Waals surface area contributed by atoms with Crippen molar-refractivity contribution in [2.75, 3.05) is 0 Å². The van der Waals surface area contributed by atoms with Gasteiger partial charge in [0.15, 0.2) is 0 Å². The molecule has 6 heteroatoms. The van der Waals surface area contributed by atoms with Crippen molar-refractivity contribution in [1.82, 2.24) is 10.5 Å². The number of hydrogen-bond acceptors (Lipinski definition) is 3. The van der Waals surface area contributed by atoms with Gasteiger partial charge in [-0.15, -0.1) is 0 Å². The molecular weight excluding hydrogens is 344 g/mol. The fourth-order valence-corrected chi connectivity index (χ4v) is 2.59. The molecule has 0 bridgehead atoms. The first-order valence-electron chi connectivity index (χ1n) is 6.09. The van der Waals surface area contributed by atoms with Gasteiger partial charge in [-0.1, -0.05) is 16.8 Å². The van der Waals surface area contributed by atoms with Crippen molar-refractivity contribution in [2.24, 2.45) is 0 Å². The third kappa shape index (κ3) is 3.04. The molecule has 0 aliphatic carbocycles. The van der Waals surface area contributed by atoms with Crippen LogP contribution in [0.15, 0.2) is 27.2 Å². The second-order valence-electron chi connectivity index (χ2n) is 4.56. The third-order valence-electron chi connectivity index (χ3n) is 3.05. The molecule has 2 rings (SSSR count). The minimum absolute atomic E-state index is 0.171. The van der Waals surface area contributed by atoms with Crippen LogP contribution >= 0.6 is 27.5 Å². The largest absolute Gasteiger partial charge is 0.361 e. The van der Waals surface area contributed by atoms with Gasteiger partial charge in [0.25, 0.3) is 5.91 Å². The average molecular weight is 358 g/mol. The summed E-state index contributed by atoms with van der Waals surface area (Å²) >= 11 is 9.22. The fraction of sp³-hybridized carbons (Fsp3) is 0.286. The Hall–Kier alpha value is -1.33. The number of carbonyl (C=O) groups excluding carboxylic acids is 1. The van der Waals surface area contributed by atoms with Crippen molar-refractivity contribution in [1.29, 1.82) is 0 Å². The highest BCUT2D eigenvalue weighted by Gasteiger charge is 2.19. The standard InChI is InChI=1S/C14H14BrClN2O2/c1-7(13-8(2)18-20-9(13)3)17-14(19)10-4-5-12(16)11(15)6-10/h4-7H,1-3H3,(H,17,19). The molecule has 1 unspecified atom stereocenters. The van der Waals surface area contributed by atoms with E-state index in [0.717, 1.165) is 11.3 Å². The maximum atomic E-state index is 12.2. The van der Waals surface area contributed by atoms with Crippen LogP contribution in [0.2, 0.25) is 5.02 Å². The van der Waals surface area contributed by atoms with E-state index in [9.17, 15) is 4.79 Å². The first kappa shape index (κ1) is 15.1. The van der Waals surface area contributed by atoms with Crippen LogP contribution in [0.5, 0.6) is 0 Å². The van der Waals surface area contributed by atoms with Gasteiger partial charge in [-0.05, 0) is 54.9 Å². The highest BCUT2D eigenvalue weighted by atomic mass is 79.9. The lowest BCUT2D eigenvalue weighted by Gasteiger charge is -2.14. The number of halogens is 2. The van der Waals surface area contributed by atoms with Crippen LogP contribution in [-0.4, -0.2) is 11.1 Å². The topological polar surface area (TPSA) is 55.1 Å². The molecule has 0 spiro atoms. The quantitative estimate of drug-likeness (QED) is 0.895. The normalized spacial score (nSPS) is 12.2. The van der Waals surface area contributed by atoms with E-state index in [1.807, 2.05) is 20.8 Å². The van der Waals surface area contributed by atoms with Crippen LogP contribution in [0.25, 0.3) is 0 Å². The molecule has 1 atom stereocenters. The number of amides is 1. The van der Waals surface area contributed by atoms with E-state index >= 15 is 0 Å². The van der Waals surface area contributed by atoms with Gasteiger partial charge in [-0.2, -0.15) is 0 Å². The van der Waals surface area contributed by atoms with Crippen LogP contribution < -0.4 is 5.32 Å². The average Bonchev–Trinajstić information content (AvgIpc) is 2.72. The van der Waals surface area contributed by atoms with Crippen LogP contribution in [0.3, 0.4) is 0 Å². The van der Waals surface area contributed by atoms with Gasteiger partial charge in [-0.25, -0.2) is 0 Å². The van der Waals surface area contributed by atoms with E-state index in [0.29, 0.717) is 20.8 Å². The Kier molecular flexibility index (Phi) is 4.50. The summed E-state index contributed by atoms with van der Waals surface area (Å²) in [5.41, 5.74) is 2.24. The molecule has 0 aliphatic rings. The summed E-state index contributed by atoms with van der Waals surface area (Å²) in [4.78, 5) is 12.2. The molecule has 4 nitrogen and oxygen atoms in total. The summed E-state index contributed by atoms with van der Waals surface area (Å²) in [6, 6.07) is 4.88. The molecule has 0 radical (unpaired) electrons. The van der Waals surface area contributed by atoms with E-state index in [2.05, 4.69) is 26.4 Å².